The van der Waals surface area contributed by atoms with Gasteiger partial charge >= 0.3 is 0 Å². The monoisotopic (exact) mass is 617 g/mol. The van der Waals surface area contributed by atoms with Crippen molar-refractivity contribution in [3.63, 3.8) is 0 Å². The first-order valence-electron chi connectivity index (χ1n) is 17.7. The van der Waals surface area contributed by atoms with Gasteiger partial charge in [0.15, 0.2) is 6.23 Å². The standard InChI is InChI=1S/C43H43N3O/c1-28-19-21-30(22-20-28)37-26-33(29-11-4-2-5-12-29)27-38(44-37)32-15-10-16-34(25-32)46-39-18-9-8-17-35(39)41-40(46)24-23-36-42(41)47-43(45-36)31-13-6-3-7-14-31/h2-9,11-15,17-19,21,23-24,26-28,30,34-35,39-41,43,45H,10,16,20,22,25H2,1H3. The maximum absolute atomic E-state index is 6.78. The van der Waals surface area contributed by atoms with Crippen molar-refractivity contribution in [1.82, 2.24) is 15.2 Å². The molecule has 1 aromatic heterocycles. The Bertz CT molecular complexity index is 1830. The van der Waals surface area contributed by atoms with Crippen LogP contribution in [0.15, 0.2) is 139 Å². The number of likely N-dealkylation sites (tertiary alicyclic amines) is 1. The summed E-state index contributed by atoms with van der Waals surface area (Å²) < 4.78 is 6.78. The summed E-state index contributed by atoms with van der Waals surface area (Å²) in [4.78, 5) is 8.25. The first-order valence-corrected chi connectivity index (χ1v) is 17.7. The van der Waals surface area contributed by atoms with Gasteiger partial charge in [-0.15, -0.1) is 0 Å². The third-order valence-corrected chi connectivity index (χ3v) is 11.3. The molecule has 0 spiro atoms. The molecule has 1 saturated heterocycles. The van der Waals surface area contributed by atoms with Crippen LogP contribution in [0.4, 0.5) is 0 Å². The van der Waals surface area contributed by atoms with Gasteiger partial charge in [0.05, 0.1) is 11.4 Å². The first kappa shape index (κ1) is 28.8. The summed E-state index contributed by atoms with van der Waals surface area (Å²) in [6.07, 6.45) is 26.9. The fraction of sp³-hybridized carbons (Fsp3) is 0.326. The Hall–Kier alpha value is -4.41. The lowest BCUT2D eigenvalue weighted by Crippen LogP contribution is -2.45. The molecule has 236 valence electrons. The van der Waals surface area contributed by atoms with Crippen LogP contribution >= 0.6 is 0 Å². The molecular formula is C43H43N3O. The Morgan fingerprint density at radius 3 is 2.47 bits per heavy atom. The molecule has 2 aliphatic heterocycles. The van der Waals surface area contributed by atoms with E-state index < -0.39 is 0 Å². The van der Waals surface area contributed by atoms with Crippen LogP contribution in [0.5, 0.6) is 0 Å². The fourth-order valence-corrected chi connectivity index (χ4v) is 8.95. The Morgan fingerprint density at radius 1 is 0.809 bits per heavy atom. The lowest BCUT2D eigenvalue weighted by atomic mass is 9.81. The lowest BCUT2D eigenvalue weighted by Gasteiger charge is -2.39. The van der Waals surface area contributed by atoms with Crippen molar-refractivity contribution in [2.45, 2.75) is 69.3 Å². The molecule has 8 unspecified atom stereocenters. The highest BCUT2D eigenvalue weighted by atomic mass is 16.5. The summed E-state index contributed by atoms with van der Waals surface area (Å²) in [5, 5.41) is 3.68. The molecule has 6 aliphatic rings. The number of nitrogens with zero attached hydrogens (tertiary/aromatic N) is 2. The smallest absolute Gasteiger partial charge is 0.196 e. The molecule has 47 heavy (non-hydrogen) atoms. The van der Waals surface area contributed by atoms with E-state index in [2.05, 4.69) is 145 Å². The van der Waals surface area contributed by atoms with Gasteiger partial charge in [-0.3, -0.25) is 9.88 Å². The molecule has 0 amide bonds. The van der Waals surface area contributed by atoms with Crippen molar-refractivity contribution in [3.05, 3.63) is 156 Å². The van der Waals surface area contributed by atoms with Crippen molar-refractivity contribution in [3.8, 4) is 11.1 Å². The van der Waals surface area contributed by atoms with E-state index in [0.717, 1.165) is 42.8 Å². The number of fused-ring (bicyclic) bond motifs is 4. The average Bonchev–Trinajstić information content (AvgIpc) is 3.72. The quantitative estimate of drug-likeness (QED) is 0.290. The van der Waals surface area contributed by atoms with E-state index in [1.807, 2.05) is 0 Å². The summed E-state index contributed by atoms with van der Waals surface area (Å²) in [7, 11) is 0. The minimum absolute atomic E-state index is 0.135. The summed E-state index contributed by atoms with van der Waals surface area (Å²) >= 11 is 0. The van der Waals surface area contributed by atoms with Crippen LogP contribution < -0.4 is 5.32 Å². The van der Waals surface area contributed by atoms with Gasteiger partial charge < -0.3 is 10.1 Å². The van der Waals surface area contributed by atoms with E-state index >= 15 is 0 Å². The Labute approximate surface area is 279 Å². The second kappa shape index (κ2) is 12.0. The molecule has 0 saturated carbocycles. The molecule has 4 heteroatoms. The summed E-state index contributed by atoms with van der Waals surface area (Å²) in [6, 6.07) is 27.2. The number of allylic oxidation sites excluding steroid dienone is 6. The maximum Gasteiger partial charge on any atom is 0.196 e. The second-order valence-corrected chi connectivity index (χ2v) is 14.2. The number of nitrogens with one attached hydrogen (secondary N) is 1. The van der Waals surface area contributed by atoms with E-state index in [1.54, 1.807) is 0 Å². The van der Waals surface area contributed by atoms with Crippen molar-refractivity contribution < 1.29 is 4.74 Å². The van der Waals surface area contributed by atoms with Crippen molar-refractivity contribution >= 4 is 5.57 Å². The zero-order valence-electron chi connectivity index (χ0n) is 27.1. The van der Waals surface area contributed by atoms with Gasteiger partial charge in [-0.25, -0.2) is 0 Å². The summed E-state index contributed by atoms with van der Waals surface area (Å²) in [5.74, 6) is 2.84. The molecular weight excluding hydrogens is 574 g/mol. The SMILES string of the molecule is CC1C=CC(c2cc(-c3ccccc3)cc(C3=CCCC(N4C5C=CC=CC5C5C6=C(C=CC54)NC(c4ccccc4)O6)C3)n2)CC1. The topological polar surface area (TPSA) is 37.4 Å². The van der Waals surface area contributed by atoms with Gasteiger partial charge in [-0.2, -0.15) is 0 Å². The Kier molecular flexibility index (Phi) is 7.34. The molecule has 8 atom stereocenters. The molecule has 4 nitrogen and oxygen atoms in total. The van der Waals surface area contributed by atoms with Crippen LogP contribution in [0, 0.1) is 17.8 Å². The molecule has 1 fully saturated rings. The number of ether oxygens (including phenoxy) is 1. The third kappa shape index (κ3) is 5.23. The molecule has 2 aromatic carbocycles. The molecule has 9 rings (SSSR count). The zero-order valence-corrected chi connectivity index (χ0v) is 27.1. The number of aromatic nitrogens is 1. The molecule has 3 aromatic rings. The average molecular weight is 618 g/mol. The normalized spacial score (nSPS) is 32.3. The van der Waals surface area contributed by atoms with E-state index in [9.17, 15) is 0 Å². The van der Waals surface area contributed by atoms with Crippen LogP contribution in [-0.2, 0) is 4.74 Å². The van der Waals surface area contributed by atoms with E-state index in [4.69, 9.17) is 9.72 Å². The van der Waals surface area contributed by atoms with Gasteiger partial charge in [-0.05, 0) is 72.9 Å². The minimum Gasteiger partial charge on any atom is -0.468 e. The van der Waals surface area contributed by atoms with E-state index in [1.165, 1.54) is 34.4 Å². The first-order chi connectivity index (χ1) is 23.2. The minimum atomic E-state index is -0.135. The van der Waals surface area contributed by atoms with Gasteiger partial charge in [0, 0.05) is 47.1 Å². The molecule has 4 aliphatic carbocycles. The van der Waals surface area contributed by atoms with Crippen LogP contribution in [-0.4, -0.2) is 28.0 Å². The maximum atomic E-state index is 6.78. The molecule has 3 heterocycles. The van der Waals surface area contributed by atoms with Crippen LogP contribution in [0.2, 0.25) is 0 Å². The van der Waals surface area contributed by atoms with Gasteiger partial charge in [-0.1, -0.05) is 116 Å². The van der Waals surface area contributed by atoms with Crippen LogP contribution in [0.25, 0.3) is 16.7 Å². The Morgan fingerprint density at radius 2 is 1.64 bits per heavy atom. The molecule has 0 radical (unpaired) electrons. The zero-order chi connectivity index (χ0) is 31.3. The molecule has 1 N–H and O–H groups in total. The van der Waals surface area contributed by atoms with Crippen molar-refractivity contribution in [2.24, 2.45) is 17.8 Å². The van der Waals surface area contributed by atoms with E-state index in [-0.39, 0.29) is 6.23 Å². The lowest BCUT2D eigenvalue weighted by molar-refractivity contribution is 0.0938. The molecule has 0 bridgehead atoms. The number of hydrogen-bond donors (Lipinski definition) is 1. The van der Waals surface area contributed by atoms with Gasteiger partial charge in [0.2, 0.25) is 0 Å². The second-order valence-electron chi connectivity index (χ2n) is 14.2. The number of benzene rings is 2. The largest absolute Gasteiger partial charge is 0.468 e. The highest BCUT2D eigenvalue weighted by Gasteiger charge is 2.54. The Balaban J connectivity index is 1.02. The predicted octanol–water partition coefficient (Wildman–Crippen LogP) is 9.27. The third-order valence-electron chi connectivity index (χ3n) is 11.3. The number of pyridine rings is 1. The van der Waals surface area contributed by atoms with Gasteiger partial charge in [0.1, 0.15) is 5.76 Å². The highest BCUT2D eigenvalue weighted by molar-refractivity contribution is 5.72. The van der Waals surface area contributed by atoms with E-state index in [0.29, 0.717) is 41.8 Å². The predicted molar refractivity (Wildman–Crippen MR) is 190 cm³/mol. The van der Waals surface area contributed by atoms with Crippen molar-refractivity contribution in [1.29, 1.82) is 0 Å². The highest BCUT2D eigenvalue weighted by Crippen LogP contribution is 2.51. The fourth-order valence-electron chi connectivity index (χ4n) is 8.95. The van der Waals surface area contributed by atoms with Crippen molar-refractivity contribution in [2.75, 3.05) is 0 Å². The van der Waals surface area contributed by atoms with Crippen LogP contribution in [0.1, 0.15) is 68.1 Å². The van der Waals surface area contributed by atoms with Crippen LogP contribution in [0.3, 0.4) is 0 Å². The summed E-state index contributed by atoms with van der Waals surface area (Å²) in [6.45, 7) is 2.32. The number of rotatable bonds is 5. The summed E-state index contributed by atoms with van der Waals surface area (Å²) in [5.41, 5.74) is 8.61. The van der Waals surface area contributed by atoms with Gasteiger partial charge in [0.25, 0.3) is 0 Å². The number of hydrogen-bond acceptors (Lipinski definition) is 4.